The Morgan fingerprint density at radius 1 is 1.31 bits per heavy atom. The van der Waals surface area contributed by atoms with E-state index in [1.807, 2.05) is 0 Å². The van der Waals surface area contributed by atoms with Gasteiger partial charge in [0.05, 0.1) is 5.56 Å². The van der Waals surface area contributed by atoms with Crippen molar-refractivity contribution in [3.8, 4) is 0 Å². The fourth-order valence-electron chi connectivity index (χ4n) is 1.47. The molecule has 0 aliphatic heterocycles. The standard InChI is InChI=1S/C10H11F3OS2/c1-6-8(16(3)14)5-4-7(9(6)15-2)10(11,12)13/h4-5H,1-3H3. The van der Waals surface area contributed by atoms with Crippen molar-refractivity contribution in [2.45, 2.75) is 22.9 Å². The van der Waals surface area contributed by atoms with Crippen LogP contribution in [0.1, 0.15) is 11.1 Å². The molecule has 1 rings (SSSR count). The highest BCUT2D eigenvalue weighted by molar-refractivity contribution is 7.98. The lowest BCUT2D eigenvalue weighted by molar-refractivity contribution is -0.139. The molecule has 0 aliphatic carbocycles. The second-order valence-electron chi connectivity index (χ2n) is 3.22. The van der Waals surface area contributed by atoms with E-state index in [0.29, 0.717) is 10.5 Å². The molecule has 0 radical (unpaired) electrons. The summed E-state index contributed by atoms with van der Waals surface area (Å²) < 4.78 is 49.3. The van der Waals surface area contributed by atoms with Gasteiger partial charge in [-0.25, -0.2) is 0 Å². The average Bonchev–Trinajstić information content (AvgIpc) is 2.15. The van der Waals surface area contributed by atoms with Gasteiger partial charge in [-0.2, -0.15) is 13.2 Å². The summed E-state index contributed by atoms with van der Waals surface area (Å²) in [5, 5.41) is 0. The van der Waals surface area contributed by atoms with Crippen molar-refractivity contribution in [1.29, 1.82) is 0 Å². The van der Waals surface area contributed by atoms with E-state index in [0.717, 1.165) is 17.8 Å². The maximum atomic E-state index is 12.7. The number of rotatable bonds is 2. The Bertz CT molecular complexity index is 388. The molecule has 1 unspecified atom stereocenters. The lowest BCUT2D eigenvalue weighted by atomic mass is 10.1. The van der Waals surface area contributed by atoms with E-state index in [2.05, 4.69) is 0 Å². The van der Waals surface area contributed by atoms with Crippen LogP contribution in [0.5, 0.6) is 0 Å². The van der Waals surface area contributed by atoms with Gasteiger partial charge in [-0.3, -0.25) is 0 Å². The number of hydrogen-bond donors (Lipinski definition) is 0. The van der Waals surface area contributed by atoms with Crippen LogP contribution in [0, 0.1) is 6.92 Å². The number of thioether (sulfide) groups is 1. The van der Waals surface area contributed by atoms with Gasteiger partial charge in [0.15, 0.2) is 4.90 Å². The minimum Gasteiger partial charge on any atom is -0.612 e. The molecule has 0 aromatic heterocycles. The molecule has 0 saturated carbocycles. The molecule has 0 N–H and O–H groups in total. The van der Waals surface area contributed by atoms with Gasteiger partial charge in [0.1, 0.15) is 6.26 Å². The Hall–Kier alpha value is -0.330. The van der Waals surface area contributed by atoms with E-state index in [9.17, 15) is 17.7 Å². The summed E-state index contributed by atoms with van der Waals surface area (Å²) in [5.41, 5.74) is -0.213. The van der Waals surface area contributed by atoms with E-state index < -0.39 is 22.9 Å². The first-order valence-corrected chi connectivity index (χ1v) is 7.15. The Labute approximate surface area is 99.6 Å². The molecule has 1 atom stereocenters. The highest BCUT2D eigenvalue weighted by atomic mass is 32.2. The largest absolute Gasteiger partial charge is 0.612 e. The van der Waals surface area contributed by atoms with E-state index in [-0.39, 0.29) is 4.90 Å². The van der Waals surface area contributed by atoms with Gasteiger partial charge in [0.2, 0.25) is 0 Å². The average molecular weight is 268 g/mol. The Morgan fingerprint density at radius 3 is 2.25 bits per heavy atom. The summed E-state index contributed by atoms with van der Waals surface area (Å²) in [6.07, 6.45) is -1.32. The maximum absolute atomic E-state index is 12.7. The smallest absolute Gasteiger partial charge is 0.417 e. The molecular weight excluding hydrogens is 257 g/mol. The monoisotopic (exact) mass is 268 g/mol. The van der Waals surface area contributed by atoms with Crippen LogP contribution in [0.2, 0.25) is 0 Å². The van der Waals surface area contributed by atoms with Crippen LogP contribution < -0.4 is 0 Å². The van der Waals surface area contributed by atoms with Crippen LogP contribution in [0.4, 0.5) is 13.2 Å². The second-order valence-corrected chi connectivity index (χ2v) is 5.39. The Kier molecular flexibility index (Phi) is 4.20. The van der Waals surface area contributed by atoms with Crippen molar-refractivity contribution < 1.29 is 17.7 Å². The molecule has 0 bridgehead atoms. The molecule has 0 amide bonds. The summed E-state index contributed by atoms with van der Waals surface area (Å²) in [6.45, 7) is 1.57. The third-order valence-corrected chi connectivity index (χ3v) is 4.17. The van der Waals surface area contributed by atoms with Crippen molar-refractivity contribution in [3.05, 3.63) is 23.3 Å². The minimum atomic E-state index is -4.36. The summed E-state index contributed by atoms with van der Waals surface area (Å²) in [6, 6.07) is 2.28. The topological polar surface area (TPSA) is 23.1 Å². The SMILES string of the molecule is CSc1c(C(F)(F)F)ccc([S+](C)[O-])c1C. The molecule has 0 heterocycles. The molecule has 0 saturated heterocycles. The van der Waals surface area contributed by atoms with E-state index in [4.69, 9.17) is 0 Å². The first-order valence-electron chi connectivity index (χ1n) is 4.37. The van der Waals surface area contributed by atoms with Gasteiger partial charge in [0.25, 0.3) is 0 Å². The molecular formula is C10H11F3OS2. The summed E-state index contributed by atoms with van der Waals surface area (Å²) in [4.78, 5) is 0.609. The number of benzene rings is 1. The highest BCUT2D eigenvalue weighted by Crippen LogP contribution is 2.39. The number of halogens is 3. The molecule has 0 spiro atoms. The second kappa shape index (κ2) is 4.89. The van der Waals surface area contributed by atoms with E-state index >= 15 is 0 Å². The van der Waals surface area contributed by atoms with Gasteiger partial charge >= 0.3 is 6.18 Å². The van der Waals surface area contributed by atoms with Gasteiger partial charge in [-0.15, -0.1) is 11.8 Å². The Balaban J connectivity index is 3.41. The van der Waals surface area contributed by atoms with Gasteiger partial charge < -0.3 is 4.55 Å². The molecule has 1 aromatic carbocycles. The van der Waals surface area contributed by atoms with Crippen LogP contribution >= 0.6 is 11.8 Å². The molecule has 0 aliphatic rings. The van der Waals surface area contributed by atoms with Crippen LogP contribution in [0.3, 0.4) is 0 Å². The normalized spacial score (nSPS) is 13.9. The molecule has 16 heavy (non-hydrogen) atoms. The van der Waals surface area contributed by atoms with Crippen LogP contribution in [-0.2, 0) is 17.4 Å². The quantitative estimate of drug-likeness (QED) is 0.605. The number of alkyl halides is 3. The summed E-state index contributed by atoms with van der Waals surface area (Å²) >= 11 is -0.242. The predicted molar refractivity (Wildman–Crippen MR) is 60.3 cm³/mol. The highest BCUT2D eigenvalue weighted by Gasteiger charge is 2.35. The van der Waals surface area contributed by atoms with Crippen molar-refractivity contribution in [3.63, 3.8) is 0 Å². The van der Waals surface area contributed by atoms with Crippen LogP contribution in [0.25, 0.3) is 0 Å². The fourth-order valence-corrected chi connectivity index (χ4v) is 3.15. The fraction of sp³-hybridized carbons (Fsp3) is 0.400. The molecule has 1 nitrogen and oxygen atoms in total. The van der Waals surface area contributed by atoms with Crippen molar-refractivity contribution in [1.82, 2.24) is 0 Å². The van der Waals surface area contributed by atoms with Gasteiger partial charge in [-0.05, 0) is 36.5 Å². The van der Waals surface area contributed by atoms with Crippen LogP contribution in [0.15, 0.2) is 21.9 Å². The van der Waals surface area contributed by atoms with Crippen LogP contribution in [-0.4, -0.2) is 17.1 Å². The van der Waals surface area contributed by atoms with Gasteiger partial charge in [0, 0.05) is 10.5 Å². The van der Waals surface area contributed by atoms with Crippen molar-refractivity contribution in [2.75, 3.05) is 12.5 Å². The zero-order chi connectivity index (χ0) is 12.5. The predicted octanol–water partition coefficient (Wildman–Crippen LogP) is 3.47. The third-order valence-electron chi connectivity index (χ3n) is 2.18. The van der Waals surface area contributed by atoms with Gasteiger partial charge in [-0.1, -0.05) is 0 Å². The molecule has 0 fully saturated rings. The van der Waals surface area contributed by atoms with E-state index in [1.165, 1.54) is 12.3 Å². The third kappa shape index (κ3) is 2.67. The first kappa shape index (κ1) is 13.7. The zero-order valence-electron chi connectivity index (χ0n) is 9.01. The lowest BCUT2D eigenvalue weighted by Gasteiger charge is -2.16. The van der Waals surface area contributed by atoms with Crippen molar-refractivity contribution in [2.24, 2.45) is 0 Å². The van der Waals surface area contributed by atoms with E-state index in [1.54, 1.807) is 13.2 Å². The zero-order valence-corrected chi connectivity index (χ0v) is 10.6. The van der Waals surface area contributed by atoms with Crippen molar-refractivity contribution >= 4 is 22.9 Å². The Morgan fingerprint density at radius 2 is 1.88 bits per heavy atom. The number of hydrogen-bond acceptors (Lipinski definition) is 2. The maximum Gasteiger partial charge on any atom is 0.417 e. The molecule has 1 aromatic rings. The summed E-state index contributed by atoms with van der Waals surface area (Å²) in [5.74, 6) is 0. The molecule has 90 valence electrons. The minimum absolute atomic E-state index is 0.153. The molecule has 6 heteroatoms. The first-order chi connectivity index (χ1) is 7.29. The lowest BCUT2D eigenvalue weighted by Crippen LogP contribution is -2.10. The summed E-state index contributed by atoms with van der Waals surface area (Å²) in [7, 11) is 0.